The van der Waals surface area contributed by atoms with Gasteiger partial charge in [-0.3, -0.25) is 4.79 Å². The monoisotopic (exact) mass is 483 g/mol. The third kappa shape index (κ3) is 5.38. The van der Waals surface area contributed by atoms with Gasteiger partial charge < -0.3 is 29.3 Å². The molecule has 176 valence electrons. The van der Waals surface area contributed by atoms with Crippen LogP contribution >= 0.6 is 23.6 Å². The lowest BCUT2D eigenvalue weighted by Gasteiger charge is -2.37. The molecule has 3 heterocycles. The molecule has 3 rings (SSSR count). The molecule has 2 aliphatic heterocycles. The van der Waals surface area contributed by atoms with Crippen molar-refractivity contribution in [2.75, 3.05) is 51.3 Å². The summed E-state index contributed by atoms with van der Waals surface area (Å²) in [7, 11) is 0. The predicted molar refractivity (Wildman–Crippen MR) is 124 cm³/mol. The van der Waals surface area contributed by atoms with Crippen LogP contribution in [0.5, 0.6) is 0 Å². The van der Waals surface area contributed by atoms with Crippen molar-refractivity contribution < 1.29 is 28.6 Å². The molecule has 1 amide bonds. The minimum Gasteiger partial charge on any atom is -0.462 e. The zero-order valence-corrected chi connectivity index (χ0v) is 20.2. The van der Waals surface area contributed by atoms with Gasteiger partial charge in [0.15, 0.2) is 5.11 Å². The molecule has 0 aromatic carbocycles. The number of esters is 2. The number of rotatable bonds is 6. The lowest BCUT2D eigenvalue weighted by atomic mass is 10.1. The highest BCUT2D eigenvalue weighted by molar-refractivity contribution is 7.80. The molecule has 1 aromatic rings. The molecule has 1 atom stereocenters. The standard InChI is InChI=1S/C21H29N3O6S2/c1-4-28-19(26)15-13(3)16(20(27)29-5-2)32-17(15)22-21(31)24-10-8-23(9-11-24)18(25)14-7-6-12-30-14/h14H,4-12H2,1-3H3,(H,22,31). The van der Waals surface area contributed by atoms with Crippen LogP contribution in [0.3, 0.4) is 0 Å². The van der Waals surface area contributed by atoms with E-state index in [0.717, 1.165) is 24.2 Å². The predicted octanol–water partition coefficient (Wildman–Crippen LogP) is 2.43. The van der Waals surface area contributed by atoms with Gasteiger partial charge in [0.25, 0.3) is 5.91 Å². The van der Waals surface area contributed by atoms with Gasteiger partial charge in [0.05, 0.1) is 18.8 Å². The first-order valence-corrected chi connectivity index (χ1v) is 12.0. The highest BCUT2D eigenvalue weighted by Crippen LogP contribution is 2.34. The quantitative estimate of drug-likeness (QED) is 0.483. The van der Waals surface area contributed by atoms with Crippen molar-refractivity contribution in [3.63, 3.8) is 0 Å². The van der Waals surface area contributed by atoms with E-state index in [1.807, 2.05) is 9.80 Å². The number of thiocarbonyl (C=S) groups is 1. The average Bonchev–Trinajstić information content (AvgIpc) is 3.42. The number of nitrogens with one attached hydrogen (secondary N) is 1. The van der Waals surface area contributed by atoms with Gasteiger partial charge in [-0.2, -0.15) is 0 Å². The zero-order valence-electron chi connectivity index (χ0n) is 18.6. The SMILES string of the molecule is CCOC(=O)c1sc(NC(=S)N2CCN(C(=O)C3CCCO3)CC2)c(C(=O)OCC)c1C. The van der Waals surface area contributed by atoms with Gasteiger partial charge in [0, 0.05) is 32.8 Å². The smallest absolute Gasteiger partial charge is 0.348 e. The van der Waals surface area contributed by atoms with E-state index < -0.39 is 11.9 Å². The summed E-state index contributed by atoms with van der Waals surface area (Å²) in [4.78, 5) is 41.5. The van der Waals surface area contributed by atoms with Gasteiger partial charge in [-0.25, -0.2) is 9.59 Å². The molecule has 2 aliphatic rings. The van der Waals surface area contributed by atoms with Crippen molar-refractivity contribution >= 4 is 51.5 Å². The number of thiophene rings is 1. The number of amides is 1. The maximum Gasteiger partial charge on any atom is 0.348 e. The van der Waals surface area contributed by atoms with Crippen LogP contribution in [-0.4, -0.2) is 84.9 Å². The molecule has 0 aliphatic carbocycles. The Balaban J connectivity index is 1.68. The molecular formula is C21H29N3O6S2. The van der Waals surface area contributed by atoms with Crippen molar-refractivity contribution in [2.24, 2.45) is 0 Å². The van der Waals surface area contributed by atoms with Crippen LogP contribution in [0.15, 0.2) is 0 Å². The molecule has 11 heteroatoms. The molecule has 0 saturated carbocycles. The zero-order chi connectivity index (χ0) is 23.3. The van der Waals surface area contributed by atoms with Crippen molar-refractivity contribution in [1.82, 2.24) is 9.80 Å². The Morgan fingerprint density at radius 3 is 2.31 bits per heavy atom. The molecule has 32 heavy (non-hydrogen) atoms. The topological polar surface area (TPSA) is 97.4 Å². The Morgan fingerprint density at radius 2 is 1.72 bits per heavy atom. The summed E-state index contributed by atoms with van der Waals surface area (Å²) in [6, 6.07) is 0. The minimum absolute atomic E-state index is 0.0404. The van der Waals surface area contributed by atoms with E-state index in [1.165, 1.54) is 0 Å². The largest absolute Gasteiger partial charge is 0.462 e. The highest BCUT2D eigenvalue weighted by atomic mass is 32.1. The van der Waals surface area contributed by atoms with Crippen LogP contribution in [0, 0.1) is 6.92 Å². The van der Waals surface area contributed by atoms with Crippen LogP contribution in [0.25, 0.3) is 0 Å². The minimum atomic E-state index is -0.519. The van der Waals surface area contributed by atoms with E-state index >= 15 is 0 Å². The van der Waals surface area contributed by atoms with Crippen LogP contribution in [0.4, 0.5) is 5.00 Å². The molecule has 2 fully saturated rings. The van der Waals surface area contributed by atoms with Crippen LogP contribution in [0.2, 0.25) is 0 Å². The molecule has 0 spiro atoms. The third-order valence-corrected chi connectivity index (χ3v) is 6.94. The first-order valence-electron chi connectivity index (χ1n) is 10.8. The number of nitrogens with zero attached hydrogens (tertiary/aromatic N) is 2. The van der Waals surface area contributed by atoms with Gasteiger partial charge in [-0.1, -0.05) is 0 Å². The van der Waals surface area contributed by atoms with E-state index in [0.29, 0.717) is 53.3 Å². The molecule has 1 aromatic heterocycles. The fraction of sp³-hybridized carbons (Fsp3) is 0.619. The van der Waals surface area contributed by atoms with E-state index in [-0.39, 0.29) is 30.8 Å². The number of carbonyl (C=O) groups is 3. The number of carbonyl (C=O) groups excluding carboxylic acids is 3. The fourth-order valence-electron chi connectivity index (χ4n) is 3.72. The molecule has 2 saturated heterocycles. The first-order chi connectivity index (χ1) is 15.4. The molecule has 1 N–H and O–H groups in total. The number of hydrogen-bond acceptors (Lipinski definition) is 8. The van der Waals surface area contributed by atoms with Crippen LogP contribution in [0.1, 0.15) is 52.3 Å². The fourth-order valence-corrected chi connectivity index (χ4v) is 5.16. The van der Waals surface area contributed by atoms with Gasteiger partial charge >= 0.3 is 11.9 Å². The summed E-state index contributed by atoms with van der Waals surface area (Å²) in [5.74, 6) is -0.964. The first kappa shape index (κ1) is 24.4. The molecule has 0 radical (unpaired) electrons. The van der Waals surface area contributed by atoms with Gasteiger partial charge in [-0.05, 0) is 51.4 Å². The van der Waals surface area contributed by atoms with E-state index in [4.69, 9.17) is 26.4 Å². The maximum atomic E-state index is 12.6. The molecular weight excluding hydrogens is 454 g/mol. The Hall–Kier alpha value is -2.24. The average molecular weight is 484 g/mol. The van der Waals surface area contributed by atoms with E-state index in [2.05, 4.69) is 5.32 Å². The Bertz CT molecular complexity index is 873. The lowest BCUT2D eigenvalue weighted by molar-refractivity contribution is -0.142. The van der Waals surface area contributed by atoms with Crippen molar-refractivity contribution in [3.8, 4) is 0 Å². The number of anilines is 1. The van der Waals surface area contributed by atoms with Crippen molar-refractivity contribution in [2.45, 2.75) is 39.7 Å². The maximum absolute atomic E-state index is 12.6. The van der Waals surface area contributed by atoms with Crippen molar-refractivity contribution in [1.29, 1.82) is 0 Å². The number of piperazine rings is 1. The van der Waals surface area contributed by atoms with Gasteiger partial charge in [0.1, 0.15) is 16.0 Å². The van der Waals surface area contributed by atoms with E-state index in [9.17, 15) is 14.4 Å². The second-order valence-corrected chi connectivity index (χ2v) is 8.85. The number of hydrogen-bond donors (Lipinski definition) is 1. The Morgan fingerprint density at radius 1 is 1.09 bits per heavy atom. The molecule has 0 bridgehead atoms. The second-order valence-electron chi connectivity index (χ2n) is 7.45. The second kappa shape index (κ2) is 11.1. The molecule has 9 nitrogen and oxygen atoms in total. The summed E-state index contributed by atoms with van der Waals surface area (Å²) >= 11 is 6.69. The van der Waals surface area contributed by atoms with Gasteiger partial charge in [0.2, 0.25) is 0 Å². The van der Waals surface area contributed by atoms with Crippen LogP contribution in [-0.2, 0) is 19.0 Å². The Labute approximate surface area is 197 Å². The molecule has 1 unspecified atom stereocenters. The summed E-state index contributed by atoms with van der Waals surface area (Å²) in [5.41, 5.74) is 0.790. The summed E-state index contributed by atoms with van der Waals surface area (Å²) in [6.45, 7) is 8.45. The summed E-state index contributed by atoms with van der Waals surface area (Å²) < 4.78 is 15.8. The number of ether oxygens (including phenoxy) is 3. The van der Waals surface area contributed by atoms with Crippen LogP contribution < -0.4 is 5.32 Å². The lowest BCUT2D eigenvalue weighted by Crippen LogP contribution is -2.53. The third-order valence-electron chi connectivity index (χ3n) is 5.39. The normalized spacial score (nSPS) is 18.4. The summed E-state index contributed by atoms with van der Waals surface area (Å²) in [6.07, 6.45) is 1.37. The Kier molecular flexibility index (Phi) is 8.44. The van der Waals surface area contributed by atoms with Crippen molar-refractivity contribution in [3.05, 3.63) is 16.0 Å². The van der Waals surface area contributed by atoms with Gasteiger partial charge in [-0.15, -0.1) is 11.3 Å². The summed E-state index contributed by atoms with van der Waals surface area (Å²) in [5, 5.41) is 3.99. The highest BCUT2D eigenvalue weighted by Gasteiger charge is 2.32. The van der Waals surface area contributed by atoms with E-state index in [1.54, 1.807) is 20.8 Å².